The Hall–Kier alpha value is -4.66. The number of rotatable bonds is 9. The van der Waals surface area contributed by atoms with Crippen LogP contribution >= 0.6 is 11.3 Å². The third kappa shape index (κ3) is 5.52. The van der Waals surface area contributed by atoms with E-state index >= 15 is 8.78 Å². The zero-order valence-corrected chi connectivity index (χ0v) is 22.3. The number of thiophene rings is 1. The van der Waals surface area contributed by atoms with Crippen LogP contribution in [0.3, 0.4) is 0 Å². The fraction of sp³-hybridized carbons (Fsp3) is 0.200. The van der Waals surface area contributed by atoms with Crippen molar-refractivity contribution in [2.75, 3.05) is 6.61 Å². The monoisotopic (exact) mass is 572 g/mol. The molecule has 1 aliphatic heterocycles. The molecule has 0 amide bonds. The summed E-state index contributed by atoms with van der Waals surface area (Å²) in [5.41, 5.74) is 2.34. The Morgan fingerprint density at radius 3 is 2.66 bits per heavy atom. The molecule has 4 heterocycles. The number of carboxylic acids is 1. The van der Waals surface area contributed by atoms with Crippen molar-refractivity contribution in [3.05, 3.63) is 99.7 Å². The Kier molecular flexibility index (Phi) is 7.17. The van der Waals surface area contributed by atoms with Crippen LogP contribution in [0.15, 0.2) is 60.7 Å². The van der Waals surface area contributed by atoms with E-state index in [9.17, 15) is 9.90 Å². The van der Waals surface area contributed by atoms with Gasteiger partial charge >= 0.3 is 5.97 Å². The van der Waals surface area contributed by atoms with Crippen LogP contribution in [0.4, 0.5) is 8.78 Å². The van der Waals surface area contributed by atoms with Crippen LogP contribution < -0.4 is 4.74 Å². The second-order valence-corrected chi connectivity index (χ2v) is 10.6. The minimum atomic E-state index is -1.04. The molecule has 6 rings (SSSR count). The molecule has 206 valence electrons. The smallest absolute Gasteiger partial charge is 0.346 e. The molecule has 8 nitrogen and oxygen atoms in total. The van der Waals surface area contributed by atoms with Gasteiger partial charge in [0.1, 0.15) is 33.8 Å². The predicted octanol–water partition coefficient (Wildman–Crippen LogP) is 5.97. The Labute approximate surface area is 237 Å². The van der Waals surface area contributed by atoms with Crippen molar-refractivity contribution in [1.29, 1.82) is 5.26 Å². The zero-order valence-electron chi connectivity index (χ0n) is 21.5. The van der Waals surface area contributed by atoms with Crippen molar-refractivity contribution in [1.82, 2.24) is 14.5 Å². The van der Waals surface area contributed by atoms with E-state index in [1.54, 1.807) is 48.5 Å². The molecule has 41 heavy (non-hydrogen) atoms. The summed E-state index contributed by atoms with van der Waals surface area (Å²) in [5, 5.41) is 18.3. The van der Waals surface area contributed by atoms with Crippen molar-refractivity contribution in [3.63, 3.8) is 0 Å². The molecule has 3 aromatic heterocycles. The number of ether oxygens (including phenoxy) is 2. The molecule has 5 aromatic rings. The summed E-state index contributed by atoms with van der Waals surface area (Å²) >= 11 is 1.04. The summed E-state index contributed by atoms with van der Waals surface area (Å²) in [6.45, 7) is 1.30. The Morgan fingerprint density at radius 1 is 1.15 bits per heavy atom. The number of benzene rings is 2. The number of nitrogens with zero attached hydrogens (tertiary/aromatic N) is 4. The standard InChI is InChI=1S/C30H22F2N4O4S/c31-22-12-21(24-2-1-3-28(34-24)40-16-18-6-4-17(14-33)5-7-18)23(32)10-19(22)11-27-35-29-25(13-26(41-29)30(37)38)36(27)15-20-8-9-39-20/h1-7,10,12-13,20H,8-9,11,15-16H2,(H,37,38). The first-order valence-electron chi connectivity index (χ1n) is 12.8. The van der Waals surface area contributed by atoms with Crippen LogP contribution in [0.1, 0.15) is 38.6 Å². The van der Waals surface area contributed by atoms with E-state index in [1.807, 2.05) is 4.57 Å². The number of pyridine rings is 1. The molecule has 0 spiro atoms. The third-order valence-electron chi connectivity index (χ3n) is 6.87. The highest BCUT2D eigenvalue weighted by molar-refractivity contribution is 7.20. The summed E-state index contributed by atoms with van der Waals surface area (Å²) in [6, 6.07) is 17.6. The average Bonchev–Trinajstić information content (AvgIpc) is 3.50. The zero-order chi connectivity index (χ0) is 28.5. The molecule has 1 N–H and O–H groups in total. The van der Waals surface area contributed by atoms with E-state index in [0.29, 0.717) is 34.9 Å². The maximum atomic E-state index is 15.4. The second kappa shape index (κ2) is 11.1. The van der Waals surface area contributed by atoms with Crippen molar-refractivity contribution in [2.24, 2.45) is 0 Å². The first-order chi connectivity index (χ1) is 19.9. The van der Waals surface area contributed by atoms with Crippen LogP contribution in [0.5, 0.6) is 5.88 Å². The summed E-state index contributed by atoms with van der Waals surface area (Å²) in [5.74, 6) is -1.55. The van der Waals surface area contributed by atoms with Gasteiger partial charge in [0.05, 0.1) is 35.5 Å². The third-order valence-corrected chi connectivity index (χ3v) is 7.88. The van der Waals surface area contributed by atoms with E-state index in [0.717, 1.165) is 35.5 Å². The van der Waals surface area contributed by atoms with Gasteiger partial charge in [-0.15, -0.1) is 11.3 Å². The molecule has 2 aromatic carbocycles. The molecular formula is C30H22F2N4O4S. The molecular weight excluding hydrogens is 550 g/mol. The minimum absolute atomic E-state index is 0.00614. The maximum absolute atomic E-state index is 15.4. The minimum Gasteiger partial charge on any atom is -0.477 e. The second-order valence-electron chi connectivity index (χ2n) is 9.59. The van der Waals surface area contributed by atoms with E-state index in [2.05, 4.69) is 16.0 Å². The predicted molar refractivity (Wildman–Crippen MR) is 147 cm³/mol. The van der Waals surface area contributed by atoms with Gasteiger partial charge in [-0.2, -0.15) is 5.26 Å². The number of halogens is 2. The highest BCUT2D eigenvalue weighted by atomic mass is 32.1. The number of fused-ring (bicyclic) bond motifs is 1. The molecule has 1 fully saturated rings. The lowest BCUT2D eigenvalue weighted by Gasteiger charge is -2.27. The van der Waals surface area contributed by atoms with Gasteiger partial charge in [-0.3, -0.25) is 0 Å². The molecule has 1 unspecified atom stereocenters. The van der Waals surface area contributed by atoms with Crippen LogP contribution in [0, 0.1) is 23.0 Å². The summed E-state index contributed by atoms with van der Waals surface area (Å²) in [7, 11) is 0. The lowest BCUT2D eigenvalue weighted by Crippen LogP contribution is -2.31. The molecule has 11 heteroatoms. The van der Waals surface area contributed by atoms with E-state index in [1.165, 1.54) is 0 Å². The molecule has 1 saturated heterocycles. The van der Waals surface area contributed by atoms with Crippen molar-refractivity contribution >= 4 is 27.7 Å². The molecule has 0 radical (unpaired) electrons. The topological polar surface area (TPSA) is 110 Å². The van der Waals surface area contributed by atoms with Gasteiger partial charge in [0, 0.05) is 24.7 Å². The van der Waals surface area contributed by atoms with Crippen LogP contribution in [0.2, 0.25) is 0 Å². The van der Waals surface area contributed by atoms with E-state index < -0.39 is 17.6 Å². The SMILES string of the molecule is N#Cc1ccc(COc2cccc(-c3cc(F)c(Cc4nc5sc(C(=O)O)cc5n4CC4CCO4)cc3F)n2)cc1. The lowest BCUT2D eigenvalue weighted by molar-refractivity contribution is -0.0589. The van der Waals surface area contributed by atoms with Gasteiger partial charge in [0.15, 0.2) is 0 Å². The van der Waals surface area contributed by atoms with Gasteiger partial charge < -0.3 is 19.1 Å². The fourth-order valence-corrected chi connectivity index (χ4v) is 5.50. The van der Waals surface area contributed by atoms with Gasteiger partial charge in [-0.1, -0.05) is 18.2 Å². The molecule has 1 aliphatic rings. The molecule has 0 aliphatic carbocycles. The quantitative estimate of drug-likeness (QED) is 0.232. The first kappa shape index (κ1) is 26.6. The molecule has 0 bridgehead atoms. The van der Waals surface area contributed by atoms with Gasteiger partial charge in [0.25, 0.3) is 0 Å². The maximum Gasteiger partial charge on any atom is 0.346 e. The largest absolute Gasteiger partial charge is 0.477 e. The number of aromatic nitrogens is 3. The lowest BCUT2D eigenvalue weighted by atomic mass is 10.0. The van der Waals surface area contributed by atoms with Gasteiger partial charge in [0.2, 0.25) is 5.88 Å². The highest BCUT2D eigenvalue weighted by Crippen LogP contribution is 2.31. The number of nitriles is 1. The van der Waals surface area contributed by atoms with Gasteiger partial charge in [-0.25, -0.2) is 23.5 Å². The highest BCUT2D eigenvalue weighted by Gasteiger charge is 2.25. The van der Waals surface area contributed by atoms with Gasteiger partial charge in [-0.05, 0) is 53.9 Å². The number of aromatic carboxylic acids is 1. The summed E-state index contributed by atoms with van der Waals surface area (Å²) < 4.78 is 43.8. The Morgan fingerprint density at radius 2 is 1.95 bits per heavy atom. The fourth-order valence-electron chi connectivity index (χ4n) is 4.61. The van der Waals surface area contributed by atoms with Crippen molar-refractivity contribution in [3.8, 4) is 23.2 Å². The van der Waals surface area contributed by atoms with E-state index in [-0.39, 0.29) is 46.7 Å². The normalized spacial score (nSPS) is 14.5. The van der Waals surface area contributed by atoms with E-state index in [4.69, 9.17) is 14.7 Å². The summed E-state index contributed by atoms with van der Waals surface area (Å²) in [6.07, 6.45) is 0.831. The summed E-state index contributed by atoms with van der Waals surface area (Å²) in [4.78, 5) is 21.1. The van der Waals surface area contributed by atoms with Crippen LogP contribution in [-0.4, -0.2) is 38.3 Å². The number of carbonyl (C=O) groups is 1. The number of imidazole rings is 1. The van der Waals surface area contributed by atoms with Crippen LogP contribution in [0.25, 0.3) is 21.6 Å². The number of hydrogen-bond acceptors (Lipinski definition) is 7. The first-order valence-corrected chi connectivity index (χ1v) is 13.6. The average molecular weight is 573 g/mol. The molecule has 0 saturated carbocycles. The molecule has 1 atom stereocenters. The van der Waals surface area contributed by atoms with Crippen molar-refractivity contribution < 1.29 is 28.2 Å². The number of carboxylic acid groups (broad SMARTS) is 1. The van der Waals surface area contributed by atoms with Crippen LogP contribution in [-0.2, 0) is 24.3 Å². The van der Waals surface area contributed by atoms with Crippen molar-refractivity contribution in [2.45, 2.75) is 32.1 Å². The Balaban J connectivity index is 1.24. The Bertz CT molecular complexity index is 1810. The number of hydrogen-bond donors (Lipinski definition) is 1.